The molecule has 0 unspecified atom stereocenters. The lowest BCUT2D eigenvalue weighted by atomic mass is 10.1. The molecular weight excluding hydrogens is 246 g/mol. The normalized spacial score (nSPS) is 11.6. The van der Waals surface area contributed by atoms with Crippen LogP contribution in [0.4, 0.5) is 0 Å². The van der Waals surface area contributed by atoms with E-state index in [1.165, 1.54) is 6.42 Å². The molecule has 3 heteroatoms. The predicted molar refractivity (Wildman–Crippen MR) is 76.9 cm³/mol. The molecule has 1 aromatic carbocycles. The van der Waals surface area contributed by atoms with Crippen molar-refractivity contribution in [3.05, 3.63) is 35.0 Å². The highest BCUT2D eigenvalue weighted by Crippen LogP contribution is 2.25. The van der Waals surface area contributed by atoms with Gasteiger partial charge in [0, 0.05) is 34.2 Å². The van der Waals surface area contributed by atoms with Gasteiger partial charge in [0.1, 0.15) is 0 Å². The Hall–Kier alpha value is -0.990. The summed E-state index contributed by atoms with van der Waals surface area (Å²) in [6.07, 6.45) is 4.41. The van der Waals surface area contributed by atoms with E-state index in [0.717, 1.165) is 40.4 Å². The van der Waals surface area contributed by atoms with Gasteiger partial charge in [-0.05, 0) is 30.9 Å². The van der Waals surface area contributed by atoms with Crippen LogP contribution in [0.15, 0.2) is 24.4 Å². The van der Waals surface area contributed by atoms with Crippen molar-refractivity contribution in [3.63, 3.8) is 0 Å². The minimum atomic E-state index is 0.0787. The lowest BCUT2D eigenvalue weighted by Crippen LogP contribution is -1.98. The molecule has 0 fully saturated rings. The maximum absolute atomic E-state index is 9.39. The topological polar surface area (TPSA) is 25.2 Å². The van der Waals surface area contributed by atoms with Crippen LogP contribution >= 0.6 is 11.6 Å². The van der Waals surface area contributed by atoms with Gasteiger partial charge in [-0.1, -0.05) is 31.5 Å². The Balaban J connectivity index is 2.28. The minimum absolute atomic E-state index is 0.0787. The van der Waals surface area contributed by atoms with Crippen LogP contribution < -0.4 is 0 Å². The molecule has 0 spiro atoms. The van der Waals surface area contributed by atoms with Crippen LogP contribution in [0.5, 0.6) is 0 Å². The van der Waals surface area contributed by atoms with Crippen molar-refractivity contribution in [2.24, 2.45) is 5.92 Å². The summed E-state index contributed by atoms with van der Waals surface area (Å²) in [5.74, 6) is 0.729. The van der Waals surface area contributed by atoms with E-state index in [-0.39, 0.29) is 6.61 Å². The summed E-state index contributed by atoms with van der Waals surface area (Å²) in [6, 6.07) is 5.84. The Kier molecular flexibility index (Phi) is 4.31. The molecule has 1 aromatic heterocycles. The number of aryl methyl sites for hydroxylation is 1. The first-order valence-corrected chi connectivity index (χ1v) is 6.87. The largest absolute Gasteiger partial charge is 0.392 e. The Morgan fingerprint density at radius 1 is 1.33 bits per heavy atom. The fourth-order valence-corrected chi connectivity index (χ4v) is 2.49. The van der Waals surface area contributed by atoms with E-state index >= 15 is 0 Å². The van der Waals surface area contributed by atoms with Crippen LogP contribution in [-0.4, -0.2) is 9.67 Å². The maximum atomic E-state index is 9.39. The summed E-state index contributed by atoms with van der Waals surface area (Å²) < 4.78 is 2.20. The third kappa shape index (κ3) is 2.88. The highest BCUT2D eigenvalue weighted by atomic mass is 35.5. The number of aromatic nitrogens is 1. The van der Waals surface area contributed by atoms with Gasteiger partial charge in [0.15, 0.2) is 0 Å². The van der Waals surface area contributed by atoms with Crippen molar-refractivity contribution in [2.75, 3.05) is 0 Å². The lowest BCUT2D eigenvalue weighted by molar-refractivity contribution is 0.283. The number of halogens is 1. The molecule has 0 radical (unpaired) electrons. The quantitative estimate of drug-likeness (QED) is 0.860. The van der Waals surface area contributed by atoms with Gasteiger partial charge >= 0.3 is 0 Å². The van der Waals surface area contributed by atoms with Gasteiger partial charge in [-0.25, -0.2) is 0 Å². The smallest absolute Gasteiger partial charge is 0.0702 e. The van der Waals surface area contributed by atoms with Crippen molar-refractivity contribution in [3.8, 4) is 0 Å². The van der Waals surface area contributed by atoms with Crippen LogP contribution in [0.2, 0.25) is 5.02 Å². The van der Waals surface area contributed by atoms with Crippen LogP contribution in [0.25, 0.3) is 10.9 Å². The standard InChI is InChI=1S/C15H20ClNO/c1-11(2)4-3-7-17-9-12(10-18)14-6-5-13(16)8-15(14)17/h5-6,8-9,11,18H,3-4,7,10H2,1-2H3. The third-order valence-corrected chi connectivity index (χ3v) is 3.51. The average molecular weight is 266 g/mol. The molecule has 0 aliphatic carbocycles. The summed E-state index contributed by atoms with van der Waals surface area (Å²) in [7, 11) is 0. The van der Waals surface area contributed by atoms with Gasteiger partial charge in [-0.15, -0.1) is 0 Å². The van der Waals surface area contributed by atoms with Crippen LogP contribution in [-0.2, 0) is 13.2 Å². The number of rotatable bonds is 5. The summed E-state index contributed by atoms with van der Waals surface area (Å²) in [5.41, 5.74) is 2.10. The molecule has 0 atom stereocenters. The maximum Gasteiger partial charge on any atom is 0.0702 e. The second-order valence-corrected chi connectivity index (χ2v) is 5.64. The Morgan fingerprint density at radius 2 is 2.11 bits per heavy atom. The van der Waals surface area contributed by atoms with Crippen LogP contribution in [0.3, 0.4) is 0 Å². The number of aliphatic hydroxyl groups excluding tert-OH is 1. The van der Waals surface area contributed by atoms with Crippen molar-refractivity contribution >= 4 is 22.5 Å². The van der Waals surface area contributed by atoms with E-state index in [1.807, 2.05) is 24.4 Å². The summed E-state index contributed by atoms with van der Waals surface area (Å²) in [4.78, 5) is 0. The average Bonchev–Trinajstić information content (AvgIpc) is 2.66. The fourth-order valence-electron chi connectivity index (χ4n) is 2.32. The van der Waals surface area contributed by atoms with Crippen molar-refractivity contribution in [2.45, 2.75) is 39.8 Å². The zero-order chi connectivity index (χ0) is 13.1. The first-order chi connectivity index (χ1) is 8.61. The van der Waals surface area contributed by atoms with Gasteiger partial charge in [-0.3, -0.25) is 0 Å². The molecule has 0 aliphatic rings. The predicted octanol–water partition coefficient (Wildman–Crippen LogP) is 4.22. The highest BCUT2D eigenvalue weighted by molar-refractivity contribution is 6.31. The minimum Gasteiger partial charge on any atom is -0.392 e. The van der Waals surface area contributed by atoms with E-state index < -0.39 is 0 Å². The van der Waals surface area contributed by atoms with Crippen LogP contribution in [0, 0.1) is 5.92 Å². The van der Waals surface area contributed by atoms with Crippen LogP contribution in [0.1, 0.15) is 32.3 Å². The van der Waals surface area contributed by atoms with Gasteiger partial charge in [0.25, 0.3) is 0 Å². The summed E-state index contributed by atoms with van der Waals surface area (Å²) in [5, 5.41) is 11.2. The molecule has 98 valence electrons. The van der Waals surface area contributed by atoms with E-state index in [0.29, 0.717) is 0 Å². The van der Waals surface area contributed by atoms with E-state index in [9.17, 15) is 5.11 Å². The number of fused-ring (bicyclic) bond motifs is 1. The summed E-state index contributed by atoms with van der Waals surface area (Å²) >= 11 is 6.05. The second-order valence-electron chi connectivity index (χ2n) is 5.20. The SMILES string of the molecule is CC(C)CCCn1cc(CO)c2ccc(Cl)cc21. The second kappa shape index (κ2) is 5.77. The van der Waals surface area contributed by atoms with Gasteiger partial charge in [0.2, 0.25) is 0 Å². The lowest BCUT2D eigenvalue weighted by Gasteiger charge is -2.07. The molecule has 2 rings (SSSR count). The Bertz CT molecular complexity index is 531. The van der Waals surface area contributed by atoms with E-state index in [4.69, 9.17) is 11.6 Å². The molecule has 1 heterocycles. The van der Waals surface area contributed by atoms with Gasteiger partial charge in [0.05, 0.1) is 6.61 Å². The number of hydrogen-bond donors (Lipinski definition) is 1. The molecule has 0 saturated carbocycles. The Morgan fingerprint density at radius 3 is 2.78 bits per heavy atom. The van der Waals surface area contributed by atoms with Gasteiger partial charge in [-0.2, -0.15) is 0 Å². The van der Waals surface area contributed by atoms with E-state index in [2.05, 4.69) is 18.4 Å². The molecule has 0 saturated heterocycles. The van der Waals surface area contributed by atoms with Gasteiger partial charge < -0.3 is 9.67 Å². The highest BCUT2D eigenvalue weighted by Gasteiger charge is 2.08. The fraction of sp³-hybridized carbons (Fsp3) is 0.467. The Labute approximate surface area is 113 Å². The molecule has 2 aromatic rings. The molecule has 2 nitrogen and oxygen atoms in total. The monoisotopic (exact) mass is 265 g/mol. The zero-order valence-electron chi connectivity index (χ0n) is 11.0. The summed E-state index contributed by atoms with van der Waals surface area (Å²) in [6.45, 7) is 5.54. The third-order valence-electron chi connectivity index (χ3n) is 3.28. The molecule has 18 heavy (non-hydrogen) atoms. The first kappa shape index (κ1) is 13.4. The number of aliphatic hydroxyl groups is 1. The number of benzene rings is 1. The first-order valence-electron chi connectivity index (χ1n) is 6.50. The van der Waals surface area contributed by atoms with E-state index in [1.54, 1.807) is 0 Å². The van der Waals surface area contributed by atoms with Crippen molar-refractivity contribution < 1.29 is 5.11 Å². The zero-order valence-corrected chi connectivity index (χ0v) is 11.7. The molecule has 0 aliphatic heterocycles. The molecule has 1 N–H and O–H groups in total. The van der Waals surface area contributed by atoms with Crippen molar-refractivity contribution in [1.29, 1.82) is 0 Å². The molecular formula is C15H20ClNO. The molecule has 0 amide bonds. The van der Waals surface area contributed by atoms with Crippen molar-refractivity contribution in [1.82, 2.24) is 4.57 Å². The molecule has 0 bridgehead atoms. The number of hydrogen-bond acceptors (Lipinski definition) is 1. The number of nitrogens with zero attached hydrogens (tertiary/aromatic N) is 1.